The number of carbonyl (C=O) groups is 2. The van der Waals surface area contributed by atoms with Crippen molar-refractivity contribution in [2.45, 2.75) is 24.0 Å². The lowest BCUT2D eigenvalue weighted by Gasteiger charge is -2.36. The lowest BCUT2D eigenvalue weighted by molar-refractivity contribution is -0.142. The highest BCUT2D eigenvalue weighted by molar-refractivity contribution is 8.33. The summed E-state index contributed by atoms with van der Waals surface area (Å²) in [6.07, 6.45) is 4.14. The number of hydrogen-bond acceptors (Lipinski definition) is 4. The predicted octanol–water partition coefficient (Wildman–Crippen LogP) is 2.85. The van der Waals surface area contributed by atoms with E-state index in [0.717, 1.165) is 4.90 Å². The highest BCUT2D eigenvalue weighted by atomic mass is 32.3. The summed E-state index contributed by atoms with van der Waals surface area (Å²) in [6, 6.07) is 7.23. The zero-order valence-corrected chi connectivity index (χ0v) is 13.5. The first-order valence-corrected chi connectivity index (χ1v) is 8.93. The van der Waals surface area contributed by atoms with Crippen LogP contribution in [0.4, 0.5) is 0 Å². The van der Waals surface area contributed by atoms with E-state index in [4.69, 9.17) is 4.74 Å². The number of rotatable bonds is 5. The Labute approximate surface area is 121 Å². The van der Waals surface area contributed by atoms with Crippen LogP contribution in [0.1, 0.15) is 24.2 Å². The summed E-state index contributed by atoms with van der Waals surface area (Å²) >= 11 is 0. The first kappa shape index (κ1) is 16.6. The molecular weight excluding hydrogens is 276 g/mol. The minimum Gasteiger partial charge on any atom is -0.465 e. The van der Waals surface area contributed by atoms with Gasteiger partial charge < -0.3 is 9.47 Å². The van der Waals surface area contributed by atoms with Crippen LogP contribution >= 0.6 is 10.0 Å². The molecule has 0 aliphatic heterocycles. The minimum atomic E-state index is -1.34. The van der Waals surface area contributed by atoms with Gasteiger partial charge in [-0.15, -0.1) is 0 Å². The highest BCUT2D eigenvalue weighted by Gasteiger charge is 2.29. The maximum absolute atomic E-state index is 11.9. The fraction of sp³-hybridized carbons (Fsp3) is 0.467. The summed E-state index contributed by atoms with van der Waals surface area (Å²) in [4.78, 5) is 24.4. The third-order valence-electron chi connectivity index (χ3n) is 3.39. The second-order valence-electron chi connectivity index (χ2n) is 4.82. The van der Waals surface area contributed by atoms with Crippen molar-refractivity contribution in [1.82, 2.24) is 0 Å². The normalized spacial score (nSPS) is 13.4. The van der Waals surface area contributed by atoms with E-state index >= 15 is 0 Å². The summed E-state index contributed by atoms with van der Waals surface area (Å²) in [7, 11) is 0.0192. The Bertz CT molecular complexity index is 479. The van der Waals surface area contributed by atoms with E-state index in [0.29, 0.717) is 12.2 Å². The molecule has 0 aliphatic rings. The number of methoxy groups -OCH3 is 1. The topological polar surface area (TPSA) is 52.6 Å². The molecule has 0 saturated carbocycles. The van der Waals surface area contributed by atoms with Crippen LogP contribution in [0, 0.1) is 0 Å². The molecule has 0 fully saturated rings. The average molecular weight is 298 g/mol. The number of esters is 2. The molecule has 0 N–H and O–H groups in total. The molecule has 0 spiro atoms. The van der Waals surface area contributed by atoms with Crippen molar-refractivity contribution in [1.29, 1.82) is 0 Å². The third kappa shape index (κ3) is 3.54. The van der Waals surface area contributed by atoms with Crippen LogP contribution in [0.3, 0.4) is 0 Å². The SMILES string of the molecule is CCOC(=O)C(C)S(C)(C)c1ccc(C(=O)OC)cc1. The van der Waals surface area contributed by atoms with Crippen molar-refractivity contribution in [3.8, 4) is 0 Å². The molecule has 4 nitrogen and oxygen atoms in total. The first-order chi connectivity index (χ1) is 9.34. The van der Waals surface area contributed by atoms with Gasteiger partial charge in [0, 0.05) is 0 Å². The van der Waals surface area contributed by atoms with Crippen LogP contribution < -0.4 is 0 Å². The van der Waals surface area contributed by atoms with Gasteiger partial charge in [0.1, 0.15) is 0 Å². The van der Waals surface area contributed by atoms with Gasteiger partial charge in [-0.25, -0.2) is 14.8 Å². The molecule has 1 aromatic rings. The smallest absolute Gasteiger partial charge is 0.337 e. The first-order valence-electron chi connectivity index (χ1n) is 6.41. The van der Waals surface area contributed by atoms with Gasteiger partial charge in [0.2, 0.25) is 0 Å². The summed E-state index contributed by atoms with van der Waals surface area (Å²) in [6.45, 7) is 4.08. The lowest BCUT2D eigenvalue weighted by Crippen LogP contribution is -2.26. The van der Waals surface area contributed by atoms with Gasteiger partial charge in [0.15, 0.2) is 0 Å². The average Bonchev–Trinajstić information content (AvgIpc) is 2.45. The fourth-order valence-corrected chi connectivity index (χ4v) is 3.56. The quantitative estimate of drug-likeness (QED) is 0.784. The van der Waals surface area contributed by atoms with Crippen molar-refractivity contribution < 1.29 is 19.1 Å². The van der Waals surface area contributed by atoms with Crippen molar-refractivity contribution in [3.63, 3.8) is 0 Å². The van der Waals surface area contributed by atoms with E-state index in [9.17, 15) is 9.59 Å². The monoisotopic (exact) mass is 298 g/mol. The van der Waals surface area contributed by atoms with Gasteiger partial charge in [-0.2, -0.15) is 0 Å². The van der Waals surface area contributed by atoms with E-state index < -0.39 is 10.0 Å². The molecule has 0 heterocycles. The Morgan fingerprint density at radius 3 is 2.20 bits per heavy atom. The van der Waals surface area contributed by atoms with Crippen LogP contribution in [0.5, 0.6) is 0 Å². The predicted molar refractivity (Wildman–Crippen MR) is 81.6 cm³/mol. The number of carbonyl (C=O) groups excluding carboxylic acids is 2. The molecule has 1 atom stereocenters. The molecular formula is C15H22O4S. The largest absolute Gasteiger partial charge is 0.465 e. The Morgan fingerprint density at radius 2 is 1.75 bits per heavy atom. The van der Waals surface area contributed by atoms with Crippen molar-refractivity contribution in [3.05, 3.63) is 29.8 Å². The van der Waals surface area contributed by atoms with Crippen molar-refractivity contribution >= 4 is 22.0 Å². The molecule has 0 aromatic heterocycles. The van der Waals surface area contributed by atoms with E-state index in [1.165, 1.54) is 7.11 Å². The van der Waals surface area contributed by atoms with Crippen LogP contribution in [0.15, 0.2) is 29.2 Å². The van der Waals surface area contributed by atoms with E-state index in [1.54, 1.807) is 19.1 Å². The van der Waals surface area contributed by atoms with Gasteiger partial charge in [0.25, 0.3) is 0 Å². The van der Waals surface area contributed by atoms with Gasteiger partial charge in [-0.1, -0.05) is 0 Å². The second-order valence-corrected chi connectivity index (χ2v) is 8.81. The Hall–Kier alpha value is -1.49. The van der Waals surface area contributed by atoms with Gasteiger partial charge >= 0.3 is 11.9 Å². The molecule has 0 saturated heterocycles. The second kappa shape index (κ2) is 6.79. The molecule has 0 bridgehead atoms. The van der Waals surface area contributed by atoms with Crippen LogP contribution in [0.2, 0.25) is 0 Å². The Balaban J connectivity index is 2.97. The molecule has 1 unspecified atom stereocenters. The fourth-order valence-electron chi connectivity index (χ4n) is 1.76. The molecule has 0 radical (unpaired) electrons. The Kier molecular flexibility index (Phi) is 5.62. The zero-order valence-electron chi connectivity index (χ0n) is 12.6. The minimum absolute atomic E-state index is 0.176. The van der Waals surface area contributed by atoms with Crippen LogP contribution in [0.25, 0.3) is 0 Å². The van der Waals surface area contributed by atoms with E-state index in [1.807, 2.05) is 19.1 Å². The molecule has 1 rings (SSSR count). The molecule has 0 amide bonds. The van der Waals surface area contributed by atoms with Gasteiger partial charge in [0.05, 0.1) is 24.5 Å². The van der Waals surface area contributed by atoms with E-state index in [-0.39, 0.29) is 17.2 Å². The molecule has 20 heavy (non-hydrogen) atoms. The number of hydrogen-bond donors (Lipinski definition) is 0. The molecule has 0 aliphatic carbocycles. The molecule has 1 aromatic carbocycles. The number of ether oxygens (including phenoxy) is 2. The maximum Gasteiger partial charge on any atom is 0.337 e. The van der Waals surface area contributed by atoms with Crippen molar-refractivity contribution in [2.75, 3.05) is 26.2 Å². The third-order valence-corrected chi connectivity index (χ3v) is 6.83. The van der Waals surface area contributed by atoms with Crippen LogP contribution in [-0.2, 0) is 14.3 Å². The Morgan fingerprint density at radius 1 is 1.20 bits per heavy atom. The van der Waals surface area contributed by atoms with Gasteiger partial charge in [-0.3, -0.25) is 4.79 Å². The molecule has 112 valence electrons. The summed E-state index contributed by atoms with van der Waals surface area (Å²) in [5.41, 5.74) is 0.509. The van der Waals surface area contributed by atoms with Gasteiger partial charge in [-0.05, 0) is 55.5 Å². The zero-order chi connectivity index (χ0) is 15.3. The highest BCUT2D eigenvalue weighted by Crippen LogP contribution is 2.53. The number of benzene rings is 1. The standard InChI is InChI=1S/C15H22O4S/c1-6-19-14(16)11(2)20(4,5)13-9-7-12(8-10-13)15(17)18-3/h7-11H,6H2,1-5H3. The van der Waals surface area contributed by atoms with Crippen LogP contribution in [-0.4, -0.2) is 43.4 Å². The van der Waals surface area contributed by atoms with Crippen molar-refractivity contribution in [2.24, 2.45) is 0 Å². The maximum atomic E-state index is 11.9. The van der Waals surface area contributed by atoms with E-state index in [2.05, 4.69) is 17.2 Å². The summed E-state index contributed by atoms with van der Waals surface area (Å²) in [5.74, 6) is -0.535. The molecule has 5 heteroatoms. The summed E-state index contributed by atoms with van der Waals surface area (Å²) < 4.78 is 9.77. The summed E-state index contributed by atoms with van der Waals surface area (Å²) in [5, 5.41) is -0.188. The lowest BCUT2D eigenvalue weighted by atomic mass is 10.2.